The molecule has 1 N–H and O–H groups in total. The predicted octanol–water partition coefficient (Wildman–Crippen LogP) is 2.19. The van der Waals surface area contributed by atoms with E-state index in [-0.39, 0.29) is 11.3 Å². The summed E-state index contributed by atoms with van der Waals surface area (Å²) in [6.07, 6.45) is 0.361. The van der Waals surface area contributed by atoms with Crippen molar-refractivity contribution in [2.24, 2.45) is 5.92 Å². The number of halogens is 1. The number of amides is 1. The van der Waals surface area contributed by atoms with Crippen LogP contribution in [0.1, 0.15) is 18.9 Å². The molecule has 0 aliphatic carbocycles. The van der Waals surface area contributed by atoms with Gasteiger partial charge in [0.2, 0.25) is 5.91 Å². The molecule has 86 valence electrons. The van der Waals surface area contributed by atoms with Crippen molar-refractivity contribution in [3.8, 4) is 12.1 Å². The van der Waals surface area contributed by atoms with Gasteiger partial charge in [-0.25, -0.2) is 4.39 Å². The molecule has 0 spiro atoms. The summed E-state index contributed by atoms with van der Waals surface area (Å²) in [7, 11) is 0. The van der Waals surface area contributed by atoms with Crippen LogP contribution in [0.25, 0.3) is 0 Å². The molecule has 1 rings (SSSR count). The molecule has 1 aromatic carbocycles. The fourth-order valence-electron chi connectivity index (χ4n) is 1.24. The summed E-state index contributed by atoms with van der Waals surface area (Å²) < 4.78 is 13.4. The maximum atomic E-state index is 13.4. The van der Waals surface area contributed by atoms with Crippen LogP contribution >= 0.6 is 0 Å². The fourth-order valence-corrected chi connectivity index (χ4v) is 1.24. The molecular weight excluding hydrogens is 221 g/mol. The summed E-state index contributed by atoms with van der Waals surface area (Å²) in [4.78, 5) is 11.5. The average molecular weight is 231 g/mol. The van der Waals surface area contributed by atoms with Crippen LogP contribution in [-0.4, -0.2) is 5.91 Å². The van der Waals surface area contributed by atoms with E-state index < -0.39 is 17.6 Å². The van der Waals surface area contributed by atoms with Gasteiger partial charge < -0.3 is 5.32 Å². The van der Waals surface area contributed by atoms with Crippen LogP contribution in [0.15, 0.2) is 18.2 Å². The van der Waals surface area contributed by atoms with Gasteiger partial charge >= 0.3 is 0 Å². The number of nitrogens with one attached hydrogen (secondary N) is 1. The molecule has 0 saturated carbocycles. The Morgan fingerprint density at radius 3 is 2.71 bits per heavy atom. The Kier molecular flexibility index (Phi) is 4.19. The lowest BCUT2D eigenvalue weighted by molar-refractivity contribution is -0.118. The number of hydrogen-bond acceptors (Lipinski definition) is 3. The molecule has 0 aromatic heterocycles. The summed E-state index contributed by atoms with van der Waals surface area (Å²) in [6.45, 7) is 1.70. The smallest absolute Gasteiger partial charge is 0.241 e. The Hall–Kier alpha value is -2.40. The summed E-state index contributed by atoms with van der Waals surface area (Å²) in [5.41, 5.74) is 0.149. The van der Waals surface area contributed by atoms with Gasteiger partial charge in [-0.15, -0.1) is 0 Å². The lowest BCUT2D eigenvalue weighted by atomic mass is 10.1. The quantitative estimate of drug-likeness (QED) is 0.866. The Morgan fingerprint density at radius 2 is 2.24 bits per heavy atom. The number of rotatable bonds is 3. The first kappa shape index (κ1) is 12.7. The van der Waals surface area contributed by atoms with Gasteiger partial charge in [0.05, 0.1) is 23.4 Å². The summed E-state index contributed by atoms with van der Waals surface area (Å²) in [5.74, 6) is -2.03. The molecule has 0 fully saturated rings. The third-order valence-electron chi connectivity index (χ3n) is 2.24. The zero-order valence-corrected chi connectivity index (χ0v) is 9.20. The van der Waals surface area contributed by atoms with E-state index in [0.29, 0.717) is 6.42 Å². The normalized spacial score (nSPS) is 11.1. The SMILES string of the molecule is CCC(C#N)C(=O)Nc1ccc(C#N)cc1F. The Morgan fingerprint density at radius 1 is 1.53 bits per heavy atom. The van der Waals surface area contributed by atoms with Gasteiger partial charge in [0.15, 0.2) is 0 Å². The molecule has 0 saturated heterocycles. The van der Waals surface area contributed by atoms with Crippen LogP contribution in [0.4, 0.5) is 10.1 Å². The van der Waals surface area contributed by atoms with Gasteiger partial charge in [-0.05, 0) is 24.6 Å². The van der Waals surface area contributed by atoms with Crippen LogP contribution in [-0.2, 0) is 4.79 Å². The van der Waals surface area contributed by atoms with Gasteiger partial charge in [0.25, 0.3) is 0 Å². The van der Waals surface area contributed by atoms with Crippen molar-refractivity contribution in [3.63, 3.8) is 0 Å². The highest BCUT2D eigenvalue weighted by Crippen LogP contribution is 2.16. The number of carbonyl (C=O) groups excluding carboxylic acids is 1. The molecule has 5 heteroatoms. The van der Waals surface area contributed by atoms with Crippen molar-refractivity contribution in [2.45, 2.75) is 13.3 Å². The van der Waals surface area contributed by atoms with Crippen LogP contribution in [0, 0.1) is 34.4 Å². The Bertz CT molecular complexity index is 513. The van der Waals surface area contributed by atoms with Gasteiger partial charge in [-0.2, -0.15) is 10.5 Å². The average Bonchev–Trinajstić information content (AvgIpc) is 2.33. The van der Waals surface area contributed by atoms with E-state index in [0.717, 1.165) is 6.07 Å². The Balaban J connectivity index is 2.87. The first-order valence-electron chi connectivity index (χ1n) is 5.02. The zero-order valence-electron chi connectivity index (χ0n) is 9.20. The zero-order chi connectivity index (χ0) is 12.8. The molecular formula is C12H10FN3O. The van der Waals surface area contributed by atoms with Gasteiger partial charge in [0, 0.05) is 0 Å². The summed E-state index contributed by atoms with van der Waals surface area (Å²) in [6, 6.07) is 7.34. The van der Waals surface area contributed by atoms with E-state index in [1.807, 2.05) is 6.07 Å². The van der Waals surface area contributed by atoms with Crippen molar-refractivity contribution in [2.75, 3.05) is 5.32 Å². The van der Waals surface area contributed by atoms with Gasteiger partial charge in [0.1, 0.15) is 11.7 Å². The number of nitrogens with zero attached hydrogens (tertiary/aromatic N) is 2. The first-order valence-corrected chi connectivity index (χ1v) is 5.02. The maximum absolute atomic E-state index is 13.4. The lowest BCUT2D eigenvalue weighted by Gasteiger charge is -2.08. The van der Waals surface area contributed by atoms with Crippen molar-refractivity contribution in [1.82, 2.24) is 0 Å². The Labute approximate surface area is 98.3 Å². The third kappa shape index (κ3) is 3.02. The number of hydrogen-bond donors (Lipinski definition) is 1. The van der Waals surface area contributed by atoms with Crippen LogP contribution in [0.3, 0.4) is 0 Å². The predicted molar refractivity (Wildman–Crippen MR) is 59.1 cm³/mol. The molecule has 0 bridgehead atoms. The van der Waals surface area contributed by atoms with Crippen LogP contribution < -0.4 is 5.32 Å². The van der Waals surface area contributed by atoms with Crippen LogP contribution in [0.2, 0.25) is 0 Å². The second-order valence-corrected chi connectivity index (χ2v) is 3.39. The number of nitriles is 2. The molecule has 4 nitrogen and oxygen atoms in total. The molecule has 0 aliphatic heterocycles. The second-order valence-electron chi connectivity index (χ2n) is 3.39. The van der Waals surface area contributed by atoms with Gasteiger partial charge in [-0.1, -0.05) is 6.92 Å². The third-order valence-corrected chi connectivity index (χ3v) is 2.24. The molecule has 1 amide bonds. The fraction of sp³-hybridized carbons (Fsp3) is 0.250. The largest absolute Gasteiger partial charge is 0.322 e. The second kappa shape index (κ2) is 5.62. The van der Waals surface area contributed by atoms with E-state index >= 15 is 0 Å². The molecule has 17 heavy (non-hydrogen) atoms. The van der Waals surface area contributed by atoms with E-state index in [1.165, 1.54) is 12.1 Å². The van der Waals surface area contributed by atoms with Crippen LogP contribution in [0.5, 0.6) is 0 Å². The van der Waals surface area contributed by atoms with Crippen molar-refractivity contribution in [1.29, 1.82) is 10.5 Å². The van der Waals surface area contributed by atoms with Crippen molar-refractivity contribution in [3.05, 3.63) is 29.6 Å². The molecule has 0 radical (unpaired) electrons. The molecule has 1 unspecified atom stereocenters. The van der Waals surface area contributed by atoms with E-state index in [2.05, 4.69) is 5.32 Å². The highest BCUT2D eigenvalue weighted by molar-refractivity contribution is 5.94. The molecule has 0 aliphatic rings. The summed E-state index contributed by atoms with van der Waals surface area (Å²) >= 11 is 0. The first-order chi connectivity index (χ1) is 8.12. The van der Waals surface area contributed by atoms with E-state index in [9.17, 15) is 9.18 Å². The minimum absolute atomic E-state index is 0.0253. The lowest BCUT2D eigenvalue weighted by Crippen LogP contribution is -2.21. The standard InChI is InChI=1S/C12H10FN3O/c1-2-9(7-15)12(17)16-11-4-3-8(6-14)5-10(11)13/h3-5,9H,2H2,1H3,(H,16,17). The molecule has 1 atom stereocenters. The summed E-state index contributed by atoms with van der Waals surface area (Å²) in [5, 5.41) is 19.5. The van der Waals surface area contributed by atoms with Crippen molar-refractivity contribution >= 4 is 11.6 Å². The number of anilines is 1. The highest BCUT2D eigenvalue weighted by Gasteiger charge is 2.16. The number of carbonyl (C=O) groups is 1. The topological polar surface area (TPSA) is 76.7 Å². The highest BCUT2D eigenvalue weighted by atomic mass is 19.1. The molecule has 1 aromatic rings. The van der Waals surface area contributed by atoms with E-state index in [1.54, 1.807) is 13.0 Å². The van der Waals surface area contributed by atoms with E-state index in [4.69, 9.17) is 10.5 Å². The minimum atomic E-state index is -0.801. The minimum Gasteiger partial charge on any atom is -0.322 e. The number of benzene rings is 1. The molecule has 0 heterocycles. The monoisotopic (exact) mass is 231 g/mol. The van der Waals surface area contributed by atoms with Gasteiger partial charge in [-0.3, -0.25) is 4.79 Å². The maximum Gasteiger partial charge on any atom is 0.241 e. The van der Waals surface area contributed by atoms with Crippen molar-refractivity contribution < 1.29 is 9.18 Å².